The molecule has 0 radical (unpaired) electrons. The number of amides is 1. The molecule has 0 bridgehead atoms. The van der Waals surface area contributed by atoms with Crippen molar-refractivity contribution in [3.05, 3.63) is 48.0 Å². The van der Waals surface area contributed by atoms with Crippen LogP contribution in [0.4, 0.5) is 5.82 Å². The number of aryl methyl sites for hydroxylation is 1. The predicted octanol–water partition coefficient (Wildman–Crippen LogP) is 2.10. The molecule has 1 amide bonds. The molecule has 0 aromatic carbocycles. The number of hydrogen-bond acceptors (Lipinski definition) is 4. The van der Waals surface area contributed by atoms with Crippen LogP contribution < -0.4 is 4.90 Å². The molecule has 104 valence electrons. The van der Waals surface area contributed by atoms with Crippen molar-refractivity contribution < 1.29 is 19.1 Å². The molecule has 0 saturated carbocycles. The number of carboxylic acids is 1. The van der Waals surface area contributed by atoms with Crippen LogP contribution in [0.3, 0.4) is 0 Å². The first-order valence-corrected chi connectivity index (χ1v) is 6.08. The lowest BCUT2D eigenvalue weighted by atomic mass is 10.3. The maximum Gasteiger partial charge on any atom is 0.305 e. The highest BCUT2D eigenvalue weighted by atomic mass is 16.4. The summed E-state index contributed by atoms with van der Waals surface area (Å²) in [5, 5.41) is 8.78. The minimum Gasteiger partial charge on any atom is -0.481 e. The van der Waals surface area contributed by atoms with E-state index in [0.717, 1.165) is 5.56 Å². The predicted molar refractivity (Wildman–Crippen MR) is 71.6 cm³/mol. The maximum absolute atomic E-state index is 12.3. The first kappa shape index (κ1) is 13.8. The summed E-state index contributed by atoms with van der Waals surface area (Å²) in [5.41, 5.74) is 0.956. The van der Waals surface area contributed by atoms with Gasteiger partial charge >= 0.3 is 5.97 Å². The van der Waals surface area contributed by atoms with Crippen molar-refractivity contribution in [3.8, 4) is 0 Å². The lowest BCUT2D eigenvalue weighted by Crippen LogP contribution is -2.33. The van der Waals surface area contributed by atoms with Gasteiger partial charge in [-0.2, -0.15) is 0 Å². The molecule has 1 N–H and O–H groups in total. The van der Waals surface area contributed by atoms with Crippen LogP contribution in [0, 0.1) is 6.92 Å². The first-order valence-electron chi connectivity index (χ1n) is 6.08. The molecular formula is C14H14N2O4. The molecule has 0 saturated heterocycles. The van der Waals surface area contributed by atoms with Gasteiger partial charge in [-0.05, 0) is 30.7 Å². The molecule has 2 heterocycles. The molecule has 0 fully saturated rings. The third kappa shape index (κ3) is 3.23. The number of anilines is 1. The molecule has 2 aromatic rings. The summed E-state index contributed by atoms with van der Waals surface area (Å²) in [4.78, 5) is 28.5. The Hall–Kier alpha value is -2.63. The quantitative estimate of drug-likeness (QED) is 0.902. The molecule has 0 atom stereocenters. The van der Waals surface area contributed by atoms with Crippen molar-refractivity contribution in [1.29, 1.82) is 0 Å². The summed E-state index contributed by atoms with van der Waals surface area (Å²) in [5.74, 6) is -0.835. The molecular weight excluding hydrogens is 260 g/mol. The van der Waals surface area contributed by atoms with E-state index in [0.29, 0.717) is 5.82 Å². The van der Waals surface area contributed by atoms with Gasteiger partial charge in [0.25, 0.3) is 5.91 Å². The van der Waals surface area contributed by atoms with Crippen LogP contribution in [-0.2, 0) is 4.79 Å². The summed E-state index contributed by atoms with van der Waals surface area (Å²) >= 11 is 0. The Kier molecular flexibility index (Phi) is 4.14. The van der Waals surface area contributed by atoms with E-state index in [-0.39, 0.29) is 18.7 Å². The number of furan rings is 1. The summed E-state index contributed by atoms with van der Waals surface area (Å²) < 4.78 is 5.06. The second-order valence-electron chi connectivity index (χ2n) is 4.27. The fourth-order valence-corrected chi connectivity index (χ4v) is 1.68. The number of pyridine rings is 1. The minimum atomic E-state index is -0.977. The van der Waals surface area contributed by atoms with Crippen LogP contribution in [-0.4, -0.2) is 28.5 Å². The van der Waals surface area contributed by atoms with Crippen molar-refractivity contribution in [1.82, 2.24) is 4.98 Å². The highest BCUT2D eigenvalue weighted by Gasteiger charge is 2.21. The average molecular weight is 274 g/mol. The van der Waals surface area contributed by atoms with E-state index >= 15 is 0 Å². The van der Waals surface area contributed by atoms with E-state index in [1.807, 2.05) is 13.0 Å². The van der Waals surface area contributed by atoms with Gasteiger partial charge in [0.05, 0.1) is 12.7 Å². The van der Waals surface area contributed by atoms with Gasteiger partial charge in [0.15, 0.2) is 5.76 Å². The molecule has 0 unspecified atom stereocenters. The number of hydrogen-bond donors (Lipinski definition) is 1. The highest BCUT2D eigenvalue weighted by molar-refractivity contribution is 6.03. The maximum atomic E-state index is 12.3. The number of carboxylic acid groups (broad SMARTS) is 1. The summed E-state index contributed by atoms with van der Waals surface area (Å²) in [7, 11) is 0. The Morgan fingerprint density at radius 2 is 2.15 bits per heavy atom. The zero-order valence-electron chi connectivity index (χ0n) is 10.9. The Morgan fingerprint density at radius 3 is 2.70 bits per heavy atom. The molecule has 2 aromatic heterocycles. The Bertz CT molecular complexity index is 590. The Balaban J connectivity index is 2.26. The molecule has 6 heteroatoms. The summed E-state index contributed by atoms with van der Waals surface area (Å²) in [6.45, 7) is 1.91. The molecule has 0 aliphatic heterocycles. The number of aromatic nitrogens is 1. The van der Waals surface area contributed by atoms with Crippen LogP contribution in [0.2, 0.25) is 0 Å². The average Bonchev–Trinajstić information content (AvgIpc) is 2.94. The molecule has 2 rings (SSSR count). The zero-order chi connectivity index (χ0) is 14.5. The fourth-order valence-electron chi connectivity index (χ4n) is 1.68. The fraction of sp³-hybridized carbons (Fsp3) is 0.214. The van der Waals surface area contributed by atoms with Gasteiger partial charge in [-0.1, -0.05) is 6.07 Å². The molecule has 20 heavy (non-hydrogen) atoms. The van der Waals surface area contributed by atoms with Gasteiger partial charge in [0.1, 0.15) is 5.82 Å². The lowest BCUT2D eigenvalue weighted by Gasteiger charge is -2.19. The van der Waals surface area contributed by atoms with E-state index in [1.165, 1.54) is 17.2 Å². The van der Waals surface area contributed by atoms with Gasteiger partial charge < -0.3 is 9.52 Å². The topological polar surface area (TPSA) is 83.6 Å². The van der Waals surface area contributed by atoms with E-state index in [2.05, 4.69) is 4.98 Å². The van der Waals surface area contributed by atoms with E-state index in [1.54, 1.807) is 18.3 Å². The number of aliphatic carboxylic acids is 1. The van der Waals surface area contributed by atoms with Crippen LogP contribution in [0.5, 0.6) is 0 Å². The molecule has 6 nitrogen and oxygen atoms in total. The minimum absolute atomic E-state index is 0.0327. The van der Waals surface area contributed by atoms with E-state index in [9.17, 15) is 9.59 Å². The van der Waals surface area contributed by atoms with Crippen molar-refractivity contribution in [2.45, 2.75) is 13.3 Å². The lowest BCUT2D eigenvalue weighted by molar-refractivity contribution is -0.136. The van der Waals surface area contributed by atoms with Crippen LogP contribution in [0.25, 0.3) is 0 Å². The number of nitrogens with zero attached hydrogens (tertiary/aromatic N) is 2. The Morgan fingerprint density at radius 1 is 1.35 bits per heavy atom. The zero-order valence-corrected chi connectivity index (χ0v) is 10.9. The monoisotopic (exact) mass is 274 g/mol. The third-order valence-electron chi connectivity index (χ3n) is 2.70. The van der Waals surface area contributed by atoms with Crippen molar-refractivity contribution in [3.63, 3.8) is 0 Å². The standard InChI is InChI=1S/C14H14N2O4/c1-10-4-5-12(15-9-10)16(7-6-13(17)18)14(19)11-3-2-8-20-11/h2-5,8-9H,6-7H2,1H3,(H,17,18). The summed E-state index contributed by atoms with van der Waals surface area (Å²) in [6, 6.07) is 6.62. The molecule has 0 aliphatic carbocycles. The number of carbonyl (C=O) groups is 2. The largest absolute Gasteiger partial charge is 0.481 e. The summed E-state index contributed by atoms with van der Waals surface area (Å²) in [6.07, 6.45) is 2.85. The first-order chi connectivity index (χ1) is 9.58. The smallest absolute Gasteiger partial charge is 0.305 e. The van der Waals surface area contributed by atoms with Crippen LogP contribution in [0.15, 0.2) is 41.1 Å². The van der Waals surface area contributed by atoms with Gasteiger partial charge in [-0.15, -0.1) is 0 Å². The van der Waals surface area contributed by atoms with E-state index < -0.39 is 11.9 Å². The van der Waals surface area contributed by atoms with Gasteiger partial charge in [0.2, 0.25) is 0 Å². The molecule has 0 spiro atoms. The third-order valence-corrected chi connectivity index (χ3v) is 2.70. The van der Waals surface area contributed by atoms with Crippen LogP contribution in [0.1, 0.15) is 22.5 Å². The SMILES string of the molecule is Cc1ccc(N(CCC(=O)O)C(=O)c2ccco2)nc1. The van der Waals surface area contributed by atoms with Crippen molar-refractivity contribution in [2.75, 3.05) is 11.4 Å². The normalized spacial score (nSPS) is 10.2. The second-order valence-corrected chi connectivity index (χ2v) is 4.27. The van der Waals surface area contributed by atoms with Crippen LogP contribution >= 0.6 is 0 Å². The van der Waals surface area contributed by atoms with E-state index in [4.69, 9.17) is 9.52 Å². The molecule has 0 aliphatic rings. The van der Waals surface area contributed by atoms with Gasteiger partial charge in [-0.3, -0.25) is 14.5 Å². The van der Waals surface area contributed by atoms with Crippen molar-refractivity contribution in [2.24, 2.45) is 0 Å². The van der Waals surface area contributed by atoms with Gasteiger partial charge in [0, 0.05) is 12.7 Å². The second kappa shape index (κ2) is 6.01. The Labute approximate surface area is 115 Å². The highest BCUT2D eigenvalue weighted by Crippen LogP contribution is 2.16. The van der Waals surface area contributed by atoms with Gasteiger partial charge in [-0.25, -0.2) is 4.98 Å². The number of carbonyl (C=O) groups excluding carboxylic acids is 1. The van der Waals surface area contributed by atoms with Crippen molar-refractivity contribution >= 4 is 17.7 Å². The number of rotatable bonds is 5.